The smallest absolute Gasteiger partial charge is 0.0756 e. The van der Waals surface area contributed by atoms with Crippen molar-refractivity contribution >= 4 is 0 Å². The quantitative estimate of drug-likeness (QED) is 0.773. The summed E-state index contributed by atoms with van der Waals surface area (Å²) in [4.78, 5) is 8.96. The summed E-state index contributed by atoms with van der Waals surface area (Å²) in [5.41, 5.74) is 3.24. The van der Waals surface area contributed by atoms with E-state index < -0.39 is 0 Å². The van der Waals surface area contributed by atoms with Crippen molar-refractivity contribution in [2.75, 3.05) is 0 Å². The van der Waals surface area contributed by atoms with E-state index in [-0.39, 0.29) is 12.1 Å². The number of nitrogens with zero attached hydrogens (tertiary/aromatic N) is 2. The van der Waals surface area contributed by atoms with Crippen molar-refractivity contribution in [1.29, 1.82) is 0 Å². The molecule has 0 spiro atoms. The topological polar surface area (TPSA) is 37.8 Å². The summed E-state index contributed by atoms with van der Waals surface area (Å²) in [5.74, 6) is 0. The summed E-state index contributed by atoms with van der Waals surface area (Å²) in [5, 5.41) is 3.64. The minimum Gasteiger partial charge on any atom is -0.297 e. The highest BCUT2D eigenvalue weighted by atomic mass is 15.0. The van der Waals surface area contributed by atoms with E-state index in [9.17, 15) is 0 Å². The van der Waals surface area contributed by atoms with Crippen LogP contribution in [0, 0.1) is 0 Å². The van der Waals surface area contributed by atoms with Crippen LogP contribution in [-0.2, 0) is 0 Å². The average Bonchev–Trinajstić information content (AvgIpc) is 2.62. The Hall–Kier alpha value is -2.52. The van der Waals surface area contributed by atoms with E-state index in [4.69, 9.17) is 0 Å². The van der Waals surface area contributed by atoms with Gasteiger partial charge in [-0.1, -0.05) is 42.5 Å². The van der Waals surface area contributed by atoms with Crippen molar-refractivity contribution in [3.05, 3.63) is 96.1 Å². The van der Waals surface area contributed by atoms with Crippen LogP contribution in [0.2, 0.25) is 0 Å². The molecule has 0 aliphatic carbocycles. The minimum absolute atomic E-state index is 0.0411. The van der Waals surface area contributed by atoms with Crippen LogP contribution in [0.25, 0.3) is 0 Å². The van der Waals surface area contributed by atoms with Crippen molar-refractivity contribution in [2.45, 2.75) is 19.0 Å². The van der Waals surface area contributed by atoms with Gasteiger partial charge in [-0.2, -0.15) is 0 Å². The second-order valence-electron chi connectivity index (χ2n) is 5.24. The van der Waals surface area contributed by atoms with Gasteiger partial charge in [0.25, 0.3) is 0 Å². The Morgan fingerprint density at radius 2 is 1.32 bits per heavy atom. The van der Waals surface area contributed by atoms with Crippen LogP contribution >= 0.6 is 0 Å². The van der Waals surface area contributed by atoms with Crippen LogP contribution in [0.4, 0.5) is 0 Å². The summed E-state index contributed by atoms with van der Waals surface area (Å²) < 4.78 is 0. The van der Waals surface area contributed by atoms with Crippen LogP contribution in [0.15, 0.2) is 79.1 Å². The van der Waals surface area contributed by atoms with Gasteiger partial charge in [0, 0.05) is 18.4 Å². The number of pyridine rings is 2. The maximum absolute atomic E-state index is 4.52. The first-order valence-electron chi connectivity index (χ1n) is 7.47. The summed E-state index contributed by atoms with van der Waals surface area (Å²) in [6.45, 7) is 2.13. The third-order valence-corrected chi connectivity index (χ3v) is 3.66. The lowest BCUT2D eigenvalue weighted by atomic mass is 10.0. The van der Waals surface area contributed by atoms with Crippen molar-refractivity contribution in [2.24, 2.45) is 0 Å². The average molecular weight is 289 g/mol. The predicted molar refractivity (Wildman–Crippen MR) is 88.3 cm³/mol. The van der Waals surface area contributed by atoms with E-state index in [2.05, 4.69) is 52.5 Å². The van der Waals surface area contributed by atoms with Gasteiger partial charge in [0.05, 0.1) is 17.4 Å². The predicted octanol–water partition coefficient (Wildman–Crippen LogP) is 3.92. The fourth-order valence-electron chi connectivity index (χ4n) is 2.51. The molecular formula is C19H19N3. The Kier molecular flexibility index (Phi) is 4.56. The van der Waals surface area contributed by atoms with E-state index >= 15 is 0 Å². The molecule has 2 atom stereocenters. The van der Waals surface area contributed by atoms with Crippen molar-refractivity contribution in [3.63, 3.8) is 0 Å². The van der Waals surface area contributed by atoms with Crippen molar-refractivity contribution in [1.82, 2.24) is 15.3 Å². The first-order chi connectivity index (χ1) is 10.8. The van der Waals surface area contributed by atoms with Gasteiger partial charge in [0.2, 0.25) is 0 Å². The van der Waals surface area contributed by atoms with Crippen LogP contribution in [0.5, 0.6) is 0 Å². The molecule has 1 N–H and O–H groups in total. The van der Waals surface area contributed by atoms with Crippen molar-refractivity contribution in [3.8, 4) is 0 Å². The maximum atomic E-state index is 4.52. The molecule has 0 fully saturated rings. The molecule has 2 heterocycles. The molecule has 0 radical (unpaired) electrons. The van der Waals surface area contributed by atoms with E-state index in [1.165, 1.54) is 5.56 Å². The number of hydrogen-bond donors (Lipinski definition) is 1. The molecule has 110 valence electrons. The number of benzene rings is 1. The number of nitrogens with one attached hydrogen (secondary N) is 1. The number of rotatable bonds is 5. The molecular weight excluding hydrogens is 270 g/mol. The SMILES string of the molecule is C[C@@H](N[C@@H](c1ccccc1)c1ccccn1)c1ccccn1. The van der Waals surface area contributed by atoms with Gasteiger partial charge in [-0.05, 0) is 36.8 Å². The van der Waals surface area contributed by atoms with Gasteiger partial charge in [-0.3, -0.25) is 15.3 Å². The molecule has 3 rings (SSSR count). The molecule has 0 bridgehead atoms. The lowest BCUT2D eigenvalue weighted by molar-refractivity contribution is 0.499. The third kappa shape index (κ3) is 3.38. The molecule has 3 heteroatoms. The normalized spacial score (nSPS) is 13.5. The van der Waals surface area contributed by atoms with Gasteiger partial charge < -0.3 is 0 Å². The van der Waals surface area contributed by atoms with Gasteiger partial charge in [-0.25, -0.2) is 0 Å². The molecule has 3 aromatic rings. The monoisotopic (exact) mass is 289 g/mol. The molecule has 0 aliphatic rings. The molecule has 22 heavy (non-hydrogen) atoms. The number of aromatic nitrogens is 2. The largest absolute Gasteiger partial charge is 0.297 e. The minimum atomic E-state index is 0.0411. The molecule has 0 saturated heterocycles. The van der Waals surface area contributed by atoms with E-state index in [1.54, 1.807) is 0 Å². The second kappa shape index (κ2) is 6.96. The third-order valence-electron chi connectivity index (χ3n) is 3.66. The van der Waals surface area contributed by atoms with Gasteiger partial charge in [0.15, 0.2) is 0 Å². The molecule has 3 nitrogen and oxygen atoms in total. The molecule has 2 aromatic heterocycles. The zero-order valence-corrected chi connectivity index (χ0v) is 12.6. The highest BCUT2D eigenvalue weighted by Gasteiger charge is 2.18. The molecule has 0 aliphatic heterocycles. The van der Waals surface area contributed by atoms with E-state index in [0.29, 0.717) is 0 Å². The molecule has 0 amide bonds. The molecule has 1 aromatic carbocycles. The fraction of sp³-hybridized carbons (Fsp3) is 0.158. The lowest BCUT2D eigenvalue weighted by Crippen LogP contribution is -2.26. The lowest BCUT2D eigenvalue weighted by Gasteiger charge is -2.23. The Bertz CT molecular complexity index is 644. The Morgan fingerprint density at radius 3 is 1.91 bits per heavy atom. The van der Waals surface area contributed by atoms with Crippen molar-refractivity contribution < 1.29 is 0 Å². The number of hydrogen-bond acceptors (Lipinski definition) is 3. The van der Waals surface area contributed by atoms with Gasteiger partial charge in [0.1, 0.15) is 0 Å². The first kappa shape index (κ1) is 14.4. The van der Waals surface area contributed by atoms with Crippen LogP contribution in [-0.4, -0.2) is 9.97 Å². The Balaban J connectivity index is 1.90. The zero-order chi connectivity index (χ0) is 15.2. The molecule has 0 unspecified atom stereocenters. The molecule has 0 saturated carbocycles. The first-order valence-corrected chi connectivity index (χ1v) is 7.47. The van der Waals surface area contributed by atoms with E-state index in [0.717, 1.165) is 11.4 Å². The maximum Gasteiger partial charge on any atom is 0.0756 e. The summed E-state index contributed by atoms with van der Waals surface area (Å²) in [6.07, 6.45) is 3.66. The highest BCUT2D eigenvalue weighted by molar-refractivity contribution is 5.28. The summed E-state index contributed by atoms with van der Waals surface area (Å²) >= 11 is 0. The van der Waals surface area contributed by atoms with Crippen LogP contribution in [0.3, 0.4) is 0 Å². The van der Waals surface area contributed by atoms with E-state index in [1.807, 2.05) is 48.8 Å². The van der Waals surface area contributed by atoms with Gasteiger partial charge >= 0.3 is 0 Å². The summed E-state index contributed by atoms with van der Waals surface area (Å²) in [7, 11) is 0. The zero-order valence-electron chi connectivity index (χ0n) is 12.6. The fourth-order valence-corrected chi connectivity index (χ4v) is 2.51. The standard InChI is InChI=1S/C19H19N3/c1-15(17-11-5-7-13-20-17)22-19(16-9-3-2-4-10-16)18-12-6-8-14-21-18/h2-15,19,22H,1H3/t15-,19+/m1/s1. The van der Waals surface area contributed by atoms with Crippen LogP contribution in [0.1, 0.15) is 36.0 Å². The summed E-state index contributed by atoms with van der Waals surface area (Å²) in [6, 6.07) is 22.6. The van der Waals surface area contributed by atoms with Crippen LogP contribution < -0.4 is 5.32 Å². The second-order valence-corrected chi connectivity index (χ2v) is 5.24. The van der Waals surface area contributed by atoms with Gasteiger partial charge in [-0.15, -0.1) is 0 Å². The Morgan fingerprint density at radius 1 is 0.727 bits per heavy atom. The Labute approximate surface area is 131 Å². The highest BCUT2D eigenvalue weighted by Crippen LogP contribution is 2.23.